The number of amides is 4. The van der Waals surface area contributed by atoms with Gasteiger partial charge in [0, 0.05) is 37.0 Å². The molecule has 4 rings (SSSR count). The van der Waals surface area contributed by atoms with Crippen LogP contribution in [0.1, 0.15) is 36.0 Å². The zero-order valence-corrected chi connectivity index (χ0v) is 19.8. The number of amidine groups is 1. The minimum absolute atomic E-state index is 0.00468. The fraction of sp³-hybridized carbons (Fsp3) is 0.333. The Morgan fingerprint density at radius 1 is 1.00 bits per heavy atom. The topological polar surface area (TPSA) is 133 Å². The van der Waals surface area contributed by atoms with Crippen LogP contribution < -0.4 is 16.0 Å². The number of benzene rings is 1. The molecule has 1 saturated heterocycles. The first-order valence-corrected chi connectivity index (χ1v) is 12.3. The first-order valence-electron chi connectivity index (χ1n) is 11.4. The Balaban J connectivity index is 1.25. The highest BCUT2D eigenvalue weighted by Gasteiger charge is 2.33. The number of hydrogen-bond acceptors (Lipinski definition) is 7. The molecule has 2 aliphatic rings. The monoisotopic (exact) mass is 494 g/mol. The van der Waals surface area contributed by atoms with Crippen molar-refractivity contribution in [3.63, 3.8) is 0 Å². The van der Waals surface area contributed by atoms with E-state index in [9.17, 15) is 19.2 Å². The number of rotatable bonds is 7. The van der Waals surface area contributed by atoms with Gasteiger partial charge in [0.05, 0.1) is 18.4 Å². The van der Waals surface area contributed by atoms with Crippen LogP contribution in [0.4, 0.5) is 11.4 Å². The molecule has 35 heavy (non-hydrogen) atoms. The second-order valence-electron chi connectivity index (χ2n) is 8.19. The van der Waals surface area contributed by atoms with E-state index in [1.54, 1.807) is 36.5 Å². The largest absolute Gasteiger partial charge is 0.351 e. The fourth-order valence-corrected chi connectivity index (χ4v) is 4.87. The molecule has 1 unspecified atom stereocenters. The Bertz CT molecular complexity index is 1130. The van der Waals surface area contributed by atoms with Crippen molar-refractivity contribution in [3.8, 4) is 0 Å². The maximum Gasteiger partial charge on any atom is 0.262 e. The number of carbonyl (C=O) groups is 4. The molecular weight excluding hydrogens is 468 g/mol. The highest BCUT2D eigenvalue weighted by molar-refractivity contribution is 8.15. The average molecular weight is 495 g/mol. The van der Waals surface area contributed by atoms with Crippen molar-refractivity contribution >= 4 is 51.9 Å². The number of nitrogens with zero attached hydrogens (tertiary/aromatic N) is 3. The average Bonchev–Trinajstić information content (AvgIpc) is 3.23. The van der Waals surface area contributed by atoms with Crippen LogP contribution in [0.15, 0.2) is 53.8 Å². The number of anilines is 2. The molecule has 3 N–H and O–H groups in total. The molecule has 0 bridgehead atoms. The van der Waals surface area contributed by atoms with E-state index in [1.165, 1.54) is 30.4 Å². The third-order valence-corrected chi connectivity index (χ3v) is 6.70. The molecule has 1 aromatic carbocycles. The highest BCUT2D eigenvalue weighted by Crippen LogP contribution is 2.29. The molecule has 1 fully saturated rings. The van der Waals surface area contributed by atoms with E-state index in [2.05, 4.69) is 30.8 Å². The molecule has 0 aliphatic carbocycles. The summed E-state index contributed by atoms with van der Waals surface area (Å²) in [5.74, 6) is -1.47. The summed E-state index contributed by atoms with van der Waals surface area (Å²) in [5.41, 5.74) is 1.25. The van der Waals surface area contributed by atoms with Crippen LogP contribution in [0.2, 0.25) is 0 Å². The Labute approximate surface area is 207 Å². The molecule has 3 heterocycles. The van der Waals surface area contributed by atoms with Gasteiger partial charge < -0.3 is 20.9 Å². The number of aliphatic imine (C=N–C) groups is 1. The Morgan fingerprint density at radius 3 is 2.54 bits per heavy atom. The molecular formula is C24H26N6O4S. The van der Waals surface area contributed by atoms with Gasteiger partial charge in [-0.1, -0.05) is 17.8 Å². The van der Waals surface area contributed by atoms with Gasteiger partial charge in [-0.3, -0.25) is 24.2 Å². The summed E-state index contributed by atoms with van der Waals surface area (Å²) in [4.78, 5) is 59.5. The van der Waals surface area contributed by atoms with Gasteiger partial charge in [0.15, 0.2) is 5.17 Å². The lowest BCUT2D eigenvalue weighted by Crippen LogP contribution is -2.33. The van der Waals surface area contributed by atoms with Gasteiger partial charge in [-0.25, -0.2) is 0 Å². The van der Waals surface area contributed by atoms with Crippen LogP contribution in [-0.2, 0) is 14.4 Å². The number of carbonyl (C=O) groups excluding carboxylic acids is 4. The summed E-state index contributed by atoms with van der Waals surface area (Å²) in [6.45, 7) is 1.56. The summed E-state index contributed by atoms with van der Waals surface area (Å²) in [5, 5.41) is 8.08. The molecule has 1 aromatic heterocycles. The van der Waals surface area contributed by atoms with Crippen molar-refractivity contribution in [2.45, 2.75) is 30.9 Å². The maximum atomic E-state index is 12.6. The second kappa shape index (κ2) is 11.6. The van der Waals surface area contributed by atoms with E-state index in [4.69, 9.17) is 0 Å². The van der Waals surface area contributed by atoms with Crippen molar-refractivity contribution in [2.24, 2.45) is 4.99 Å². The van der Waals surface area contributed by atoms with Gasteiger partial charge in [0.2, 0.25) is 11.8 Å². The lowest BCUT2D eigenvalue weighted by molar-refractivity contribution is -0.121. The summed E-state index contributed by atoms with van der Waals surface area (Å²) in [6.07, 6.45) is 6.44. The van der Waals surface area contributed by atoms with Crippen molar-refractivity contribution in [1.29, 1.82) is 0 Å². The van der Waals surface area contributed by atoms with Crippen molar-refractivity contribution in [3.05, 3.63) is 54.4 Å². The van der Waals surface area contributed by atoms with Gasteiger partial charge in [0.25, 0.3) is 11.8 Å². The zero-order valence-electron chi connectivity index (χ0n) is 19.0. The van der Waals surface area contributed by atoms with Gasteiger partial charge in [-0.2, -0.15) is 4.99 Å². The van der Waals surface area contributed by atoms with Gasteiger partial charge in [-0.15, -0.1) is 0 Å². The van der Waals surface area contributed by atoms with E-state index in [1.807, 2.05) is 0 Å². The molecule has 11 heteroatoms. The summed E-state index contributed by atoms with van der Waals surface area (Å²) >= 11 is 1.34. The number of nitrogens with one attached hydrogen (secondary N) is 3. The maximum absolute atomic E-state index is 12.6. The predicted octanol–water partition coefficient (Wildman–Crippen LogP) is 2.26. The quantitative estimate of drug-likeness (QED) is 0.538. The highest BCUT2D eigenvalue weighted by atomic mass is 32.2. The Hall–Kier alpha value is -3.73. The van der Waals surface area contributed by atoms with Crippen LogP contribution in [-0.4, -0.2) is 63.6 Å². The van der Waals surface area contributed by atoms with Gasteiger partial charge in [-0.05, 0) is 49.6 Å². The standard InChI is InChI=1S/C24H26N6O4S/c31-20(13-19-23(34)29-24(35-19)30-10-2-1-3-11-30)27-17-7-4-6-16(12-17)22(33)26-15-21(32)28-18-8-5-9-25-14-18/h4-9,12,14,19H,1-3,10-11,13,15H2,(H,26,33)(H,27,31)(H,28,32). The predicted molar refractivity (Wildman–Crippen MR) is 134 cm³/mol. The van der Waals surface area contributed by atoms with E-state index >= 15 is 0 Å². The minimum atomic E-state index is -0.545. The molecule has 182 valence electrons. The van der Waals surface area contributed by atoms with E-state index in [-0.39, 0.29) is 30.7 Å². The molecule has 10 nitrogen and oxygen atoms in total. The lowest BCUT2D eigenvalue weighted by atomic mass is 10.1. The molecule has 2 aliphatic heterocycles. The van der Waals surface area contributed by atoms with Crippen molar-refractivity contribution < 1.29 is 19.2 Å². The Morgan fingerprint density at radius 2 is 1.77 bits per heavy atom. The normalized spacial score (nSPS) is 17.5. The zero-order chi connectivity index (χ0) is 24.6. The number of pyridine rings is 1. The fourth-order valence-electron chi connectivity index (χ4n) is 3.75. The molecule has 4 amide bonds. The Kier molecular flexibility index (Phi) is 8.09. The molecule has 0 radical (unpaired) electrons. The second-order valence-corrected chi connectivity index (χ2v) is 9.36. The molecule has 0 spiro atoms. The summed E-state index contributed by atoms with van der Waals surface area (Å²) in [7, 11) is 0. The number of piperidine rings is 1. The third kappa shape index (κ3) is 6.89. The van der Waals surface area contributed by atoms with E-state index in [0.717, 1.165) is 25.9 Å². The summed E-state index contributed by atoms with van der Waals surface area (Å²) in [6, 6.07) is 9.77. The van der Waals surface area contributed by atoms with Crippen LogP contribution in [0, 0.1) is 0 Å². The van der Waals surface area contributed by atoms with Crippen LogP contribution in [0.5, 0.6) is 0 Å². The van der Waals surface area contributed by atoms with Crippen LogP contribution in [0.3, 0.4) is 0 Å². The molecule has 0 saturated carbocycles. The van der Waals surface area contributed by atoms with Gasteiger partial charge >= 0.3 is 0 Å². The molecule has 2 aromatic rings. The first kappa shape index (κ1) is 24.4. The number of thioether (sulfide) groups is 1. The lowest BCUT2D eigenvalue weighted by Gasteiger charge is -2.27. The third-order valence-electron chi connectivity index (χ3n) is 5.49. The van der Waals surface area contributed by atoms with E-state index in [0.29, 0.717) is 22.1 Å². The first-order chi connectivity index (χ1) is 17.0. The van der Waals surface area contributed by atoms with E-state index < -0.39 is 11.2 Å². The number of likely N-dealkylation sites (tertiary alicyclic amines) is 1. The van der Waals surface area contributed by atoms with Crippen molar-refractivity contribution in [2.75, 3.05) is 30.3 Å². The van der Waals surface area contributed by atoms with Crippen LogP contribution in [0.25, 0.3) is 0 Å². The number of aromatic nitrogens is 1. The number of hydrogen-bond donors (Lipinski definition) is 3. The van der Waals surface area contributed by atoms with Gasteiger partial charge in [0.1, 0.15) is 5.25 Å². The SMILES string of the molecule is O=C(CNC(=O)c1cccc(NC(=O)CC2SC(N3CCCCC3)=NC2=O)c1)Nc1cccnc1. The molecule has 1 atom stereocenters. The minimum Gasteiger partial charge on any atom is -0.351 e. The van der Waals surface area contributed by atoms with Crippen molar-refractivity contribution in [1.82, 2.24) is 15.2 Å². The summed E-state index contributed by atoms with van der Waals surface area (Å²) < 4.78 is 0. The van der Waals surface area contributed by atoms with Crippen LogP contribution >= 0.6 is 11.8 Å². The smallest absolute Gasteiger partial charge is 0.262 e.